The molecule has 3 rings (SSSR count). The van der Waals surface area contributed by atoms with Gasteiger partial charge in [-0.05, 0) is 64.2 Å². The zero-order valence-corrected chi connectivity index (χ0v) is 18.2. The first kappa shape index (κ1) is 25.0. The van der Waals surface area contributed by atoms with E-state index < -0.39 is 0 Å². The Balaban J connectivity index is 0.000000425. The Morgan fingerprint density at radius 3 is 1.44 bits per heavy atom. The SMILES string of the molecule is [CH2-][C@H](C[CH-]c1ccccc1)C(C)(C)C.[CH]1[CH][CH][CH][CH]1.[CH]1[CH][CH][CH][CH]1.[Zr+2]. The Hall–Kier alpha value is -0.0269. The van der Waals surface area contributed by atoms with E-state index in [0.29, 0.717) is 11.3 Å². The molecule has 0 heterocycles. The average Bonchev–Trinajstić information content (AvgIpc) is 3.30. The molecule has 25 heavy (non-hydrogen) atoms. The monoisotopic (exact) mass is 408 g/mol. The molecule has 10 radical (unpaired) electrons. The van der Waals surface area contributed by atoms with E-state index in [1.165, 1.54) is 5.56 Å². The van der Waals surface area contributed by atoms with Crippen LogP contribution in [0.2, 0.25) is 0 Å². The largest absolute Gasteiger partial charge is 2.00 e. The Morgan fingerprint density at radius 2 is 1.12 bits per heavy atom. The van der Waals surface area contributed by atoms with Crippen LogP contribution in [0.4, 0.5) is 0 Å². The summed E-state index contributed by atoms with van der Waals surface area (Å²) >= 11 is 0. The van der Waals surface area contributed by atoms with Crippen LogP contribution in [-0.2, 0) is 26.2 Å². The van der Waals surface area contributed by atoms with Crippen molar-refractivity contribution in [2.24, 2.45) is 11.3 Å². The number of rotatable bonds is 3. The molecule has 1 aromatic rings. The Labute approximate surface area is 177 Å². The molecule has 0 aliphatic heterocycles. The summed E-state index contributed by atoms with van der Waals surface area (Å²) in [6, 6.07) is 10.5. The van der Waals surface area contributed by atoms with E-state index in [9.17, 15) is 0 Å². The summed E-state index contributed by atoms with van der Waals surface area (Å²) in [6.07, 6.45) is 23.3. The smallest absolute Gasteiger partial charge is 0.340 e. The van der Waals surface area contributed by atoms with Crippen LogP contribution < -0.4 is 0 Å². The van der Waals surface area contributed by atoms with Gasteiger partial charge in [0.2, 0.25) is 0 Å². The predicted molar refractivity (Wildman–Crippen MR) is 106 cm³/mol. The van der Waals surface area contributed by atoms with Gasteiger partial charge in [0.05, 0.1) is 0 Å². The molecule has 0 spiro atoms. The molecule has 0 nitrogen and oxygen atoms in total. The van der Waals surface area contributed by atoms with Crippen molar-refractivity contribution in [3.8, 4) is 0 Å². The van der Waals surface area contributed by atoms with Crippen LogP contribution in [0.3, 0.4) is 0 Å². The first-order valence-corrected chi connectivity index (χ1v) is 8.55. The van der Waals surface area contributed by atoms with Crippen molar-refractivity contribution in [3.63, 3.8) is 0 Å². The maximum Gasteiger partial charge on any atom is 2.00 e. The topological polar surface area (TPSA) is 0 Å². The van der Waals surface area contributed by atoms with Crippen LogP contribution in [0.25, 0.3) is 0 Å². The number of benzene rings is 1. The molecule has 2 aliphatic carbocycles. The van der Waals surface area contributed by atoms with E-state index in [4.69, 9.17) is 0 Å². The van der Waals surface area contributed by atoms with E-state index in [1.807, 2.05) is 70.3 Å². The molecule has 2 fully saturated rings. The summed E-state index contributed by atoms with van der Waals surface area (Å²) in [5, 5.41) is 0. The minimum atomic E-state index is 0. The van der Waals surface area contributed by atoms with Gasteiger partial charge in [-0.1, -0.05) is 32.3 Å². The van der Waals surface area contributed by atoms with Crippen LogP contribution in [-0.4, -0.2) is 0 Å². The van der Waals surface area contributed by atoms with Gasteiger partial charge in [0.15, 0.2) is 0 Å². The molecule has 1 heteroatoms. The average molecular weight is 410 g/mol. The van der Waals surface area contributed by atoms with Gasteiger partial charge >= 0.3 is 26.2 Å². The van der Waals surface area contributed by atoms with Crippen molar-refractivity contribution in [2.45, 2.75) is 27.2 Å². The minimum absolute atomic E-state index is 0. The fourth-order valence-electron chi connectivity index (χ4n) is 1.86. The van der Waals surface area contributed by atoms with Gasteiger partial charge in [-0.3, -0.25) is 0 Å². The second-order valence-corrected chi connectivity index (χ2v) is 6.84. The van der Waals surface area contributed by atoms with Crippen molar-refractivity contribution in [1.82, 2.24) is 0 Å². The fourth-order valence-corrected chi connectivity index (χ4v) is 1.86. The van der Waals surface area contributed by atoms with Gasteiger partial charge in [-0.25, -0.2) is 0 Å². The molecule has 1 atom stereocenters. The first-order valence-electron chi connectivity index (χ1n) is 8.55. The molecule has 0 unspecified atom stereocenters. The quantitative estimate of drug-likeness (QED) is 0.524. The van der Waals surface area contributed by atoms with E-state index >= 15 is 0 Å². The Kier molecular flexibility index (Phi) is 15.1. The first-order chi connectivity index (χ1) is 11.5. The summed E-state index contributed by atoms with van der Waals surface area (Å²) in [5.41, 5.74) is 1.59. The van der Waals surface area contributed by atoms with Gasteiger partial charge in [0.1, 0.15) is 0 Å². The van der Waals surface area contributed by atoms with Crippen LogP contribution in [0, 0.1) is 88.9 Å². The number of hydrogen-bond donors (Lipinski definition) is 0. The van der Waals surface area contributed by atoms with E-state index in [0.717, 1.165) is 6.42 Å². The summed E-state index contributed by atoms with van der Waals surface area (Å²) in [7, 11) is 0. The minimum Gasteiger partial charge on any atom is -0.340 e. The van der Waals surface area contributed by atoms with Crippen LogP contribution in [0.15, 0.2) is 30.3 Å². The predicted octanol–water partition coefficient (Wildman–Crippen LogP) is 6.17. The molecule has 0 aromatic heterocycles. The number of hydrogen-bond acceptors (Lipinski definition) is 0. The van der Waals surface area contributed by atoms with E-state index in [2.05, 4.69) is 58.4 Å². The summed E-state index contributed by atoms with van der Waals surface area (Å²) in [5.74, 6) is 0.475. The van der Waals surface area contributed by atoms with Gasteiger partial charge in [-0.15, -0.1) is 18.6 Å². The zero-order valence-electron chi connectivity index (χ0n) is 15.7. The molecule has 0 saturated heterocycles. The second-order valence-electron chi connectivity index (χ2n) is 6.84. The van der Waals surface area contributed by atoms with Crippen molar-refractivity contribution < 1.29 is 26.2 Å². The Morgan fingerprint density at radius 1 is 0.760 bits per heavy atom. The van der Waals surface area contributed by atoms with Crippen molar-refractivity contribution >= 4 is 0 Å². The summed E-state index contributed by atoms with van der Waals surface area (Å²) < 4.78 is 0. The van der Waals surface area contributed by atoms with Gasteiger partial charge < -0.3 is 6.92 Å². The molecular weight excluding hydrogens is 379 g/mol. The third kappa shape index (κ3) is 13.8. The molecule has 1 aromatic carbocycles. The Bertz CT molecular complexity index is 357. The summed E-state index contributed by atoms with van der Waals surface area (Å²) in [4.78, 5) is 0. The molecule has 0 amide bonds. The molecule has 2 saturated carbocycles. The van der Waals surface area contributed by atoms with E-state index in [1.54, 1.807) is 0 Å². The van der Waals surface area contributed by atoms with Crippen molar-refractivity contribution in [2.75, 3.05) is 0 Å². The maximum absolute atomic E-state index is 4.19. The van der Waals surface area contributed by atoms with Crippen LogP contribution in [0.5, 0.6) is 0 Å². The standard InChI is InChI=1S/C14H20.2C5H5.Zr/c1-12(14(2,3)4)10-11-13-8-6-5-7-9-13;2*1-2-4-5-3-1;/h5-9,11-12H,1,10H2,2-4H3;2*1-5H;/q-2;;;+2/t12-;;;/m1.../s1. The van der Waals surface area contributed by atoms with Gasteiger partial charge in [0.25, 0.3) is 0 Å². The molecule has 0 N–H and O–H groups in total. The summed E-state index contributed by atoms with van der Waals surface area (Å²) in [6.45, 7) is 10.9. The van der Waals surface area contributed by atoms with Crippen molar-refractivity contribution in [3.05, 3.63) is 113 Å². The third-order valence-corrected chi connectivity index (χ3v) is 3.77. The second kappa shape index (κ2) is 15.1. The van der Waals surface area contributed by atoms with Crippen LogP contribution >= 0.6 is 0 Å². The maximum atomic E-state index is 4.19. The third-order valence-electron chi connectivity index (χ3n) is 3.77. The molecular formula is C24H30Zr. The molecule has 0 bridgehead atoms. The van der Waals surface area contributed by atoms with Gasteiger partial charge in [0, 0.05) is 0 Å². The zero-order chi connectivity index (χ0) is 17.7. The normalized spacial score (nSPS) is 17.3. The van der Waals surface area contributed by atoms with Crippen LogP contribution in [0.1, 0.15) is 32.8 Å². The fraction of sp³-hybridized carbons (Fsp3) is 0.250. The van der Waals surface area contributed by atoms with Gasteiger partial charge in [-0.2, -0.15) is 30.0 Å². The molecule has 2 aliphatic rings. The molecule has 130 valence electrons. The van der Waals surface area contributed by atoms with Crippen molar-refractivity contribution in [1.29, 1.82) is 0 Å². The van der Waals surface area contributed by atoms with E-state index in [-0.39, 0.29) is 26.2 Å².